The van der Waals surface area contributed by atoms with Gasteiger partial charge in [-0.3, -0.25) is 4.79 Å². The summed E-state index contributed by atoms with van der Waals surface area (Å²) in [6, 6.07) is -0.863. The Bertz CT molecular complexity index is 3050. The first-order chi connectivity index (χ1) is 59.6. The molecule has 0 aromatic heterocycles. The highest BCUT2D eigenvalue weighted by atomic mass is 32.2. The van der Waals surface area contributed by atoms with Gasteiger partial charge in [0.15, 0.2) is 5.12 Å². The molecule has 0 aromatic carbocycles. The van der Waals surface area contributed by atoms with Gasteiger partial charge in [-0.15, -0.1) is 0 Å². The summed E-state index contributed by atoms with van der Waals surface area (Å²) in [7, 11) is 0. The van der Waals surface area contributed by atoms with Crippen molar-refractivity contribution in [3.8, 4) is 0 Å². The molecule has 8 aliphatic rings. The molecule has 42 heteroatoms. The van der Waals surface area contributed by atoms with Crippen LogP contribution in [0.3, 0.4) is 0 Å². The second kappa shape index (κ2) is 56.1. The molecule has 0 aromatic rings. The van der Waals surface area contributed by atoms with Gasteiger partial charge in [-0.1, -0.05) is 182 Å². The molecule has 0 bridgehead atoms. The highest BCUT2D eigenvalue weighted by molar-refractivity contribution is 8.13. The van der Waals surface area contributed by atoms with Crippen LogP contribution in [0.2, 0.25) is 0 Å². The fourth-order valence-electron chi connectivity index (χ4n) is 15.6. The van der Waals surface area contributed by atoms with Crippen molar-refractivity contribution in [3.05, 3.63) is 25.3 Å². The van der Waals surface area contributed by atoms with E-state index in [2.05, 4.69) is 37.6 Å². The predicted octanol–water partition coefficient (Wildman–Crippen LogP) is -4.12. The zero-order chi connectivity index (χ0) is 101. The summed E-state index contributed by atoms with van der Waals surface area (Å²) in [6.45, 7) is 48.3. The summed E-state index contributed by atoms with van der Waals surface area (Å²) in [5, 5.41) is 264. The zero-order valence-corrected chi connectivity index (χ0v) is 80.8. The van der Waals surface area contributed by atoms with Gasteiger partial charge in [-0.05, 0) is 64.1 Å². The average Bonchev–Trinajstić information content (AvgIpc) is 0.806. The van der Waals surface area contributed by atoms with Gasteiger partial charge in [0.2, 0.25) is 0 Å². The second-order valence-corrected chi connectivity index (χ2v) is 42.0. The Labute approximate surface area is 769 Å². The van der Waals surface area contributed by atoms with Crippen molar-refractivity contribution in [3.63, 3.8) is 0 Å². The van der Waals surface area contributed by atoms with Crippen LogP contribution in [0.1, 0.15) is 172 Å². The Morgan fingerprint density at radius 1 is 0.369 bits per heavy atom. The monoisotopic (exact) mass is 1910 g/mol. The molecule has 15 unspecified atom stereocenters. The van der Waals surface area contributed by atoms with Gasteiger partial charge in [0.05, 0.1) is 106 Å². The highest BCUT2D eigenvalue weighted by Gasteiger charge is 2.54. The van der Waals surface area contributed by atoms with Crippen LogP contribution in [0.25, 0.3) is 0 Å². The van der Waals surface area contributed by atoms with Crippen molar-refractivity contribution in [1.82, 2.24) is 10.6 Å². The van der Waals surface area contributed by atoms with Crippen LogP contribution >= 0.6 is 11.8 Å². The summed E-state index contributed by atoms with van der Waals surface area (Å²) in [5.41, 5.74) is -1.67. The van der Waals surface area contributed by atoms with Crippen molar-refractivity contribution in [2.24, 2.45) is 56.7 Å². The van der Waals surface area contributed by atoms with Crippen LogP contribution in [0.15, 0.2) is 25.3 Å². The summed E-state index contributed by atoms with van der Waals surface area (Å²) < 4.78 is 47.7. The second-order valence-electron chi connectivity index (χ2n) is 40.8. The van der Waals surface area contributed by atoms with E-state index in [-0.39, 0.29) is 127 Å². The number of aliphatic hydroxyl groups excluding tert-OH is 27. The Morgan fingerprint density at radius 2 is 0.677 bits per heavy atom. The third-order valence-electron chi connectivity index (χ3n) is 23.7. The van der Waals surface area contributed by atoms with Gasteiger partial charge >= 0.3 is 12.2 Å². The molecule has 8 fully saturated rings. The highest BCUT2D eigenvalue weighted by Crippen LogP contribution is 2.43. The molecule has 41 nitrogen and oxygen atoms in total. The molecule has 1 saturated carbocycles. The normalized spacial score (nSPS) is 39.5. The molecule has 1 aliphatic carbocycles. The smallest absolute Gasteiger partial charge is 0.407 e. The van der Waals surface area contributed by atoms with E-state index >= 15 is 0 Å². The fourth-order valence-corrected chi connectivity index (χ4v) is 16.3. The number of carbonyl (C=O) groups excluding carboxylic acids is 3. The number of amides is 2. The summed E-state index contributed by atoms with van der Waals surface area (Å²) >= 11 is 1.04. The zero-order valence-electron chi connectivity index (χ0n) is 80.0. The molecule has 8 rings (SSSR count). The van der Waals surface area contributed by atoms with Gasteiger partial charge in [0, 0.05) is 38.2 Å². The number of nitrogens with one attached hydrogen (secondary N) is 2. The first-order valence-corrected chi connectivity index (χ1v) is 45.4. The molecule has 7 heterocycles. The van der Waals surface area contributed by atoms with Crippen molar-refractivity contribution >= 4 is 29.1 Å². The van der Waals surface area contributed by atoms with Gasteiger partial charge in [-0.2, -0.15) is 0 Å². The van der Waals surface area contributed by atoms with Crippen LogP contribution in [0.4, 0.5) is 9.59 Å². The maximum absolute atomic E-state index is 11.6. The van der Waals surface area contributed by atoms with Crippen LogP contribution in [0, 0.1) is 56.7 Å². The van der Waals surface area contributed by atoms with Gasteiger partial charge in [0.1, 0.15) is 160 Å². The summed E-state index contributed by atoms with van der Waals surface area (Å²) in [6.07, 6.45) is -31.1. The molecule has 0 spiro atoms. The number of hydrogen-bond acceptors (Lipinski definition) is 40. The van der Waals surface area contributed by atoms with E-state index in [4.69, 9.17) is 63.1 Å². The molecular formula is C88H168N2O39S. The number of carbonyl (C=O) groups is 3. The lowest BCUT2D eigenvalue weighted by atomic mass is 9.65. The van der Waals surface area contributed by atoms with Crippen molar-refractivity contribution in [2.45, 2.75) is 398 Å². The Balaban J connectivity index is 0.000000747. The number of ether oxygens (including phenoxy) is 9. The van der Waals surface area contributed by atoms with Crippen LogP contribution in [-0.4, -0.2) is 440 Å². The molecule has 7 aliphatic heterocycles. The SMILES string of the molecule is C=CCOC(=O)NCC1O[C@@H](C(C)C)C(O)[C@@H](O)[C@@H]1O.C=CCOC(=O)N[C@@H]1C(O)[C@H](C(C)(C)C)CC(CO)[C@H]1O.CC(=O)SCC1O[C@@H](C(C)(C)C)C(O)[C@@H](O)[C@H]1O.CC(C)(C)[C@@H]1OC(CO)[C@@H](O)[C@H](O)C1O.CC(C)(C)[C@@H]1OC(CO)[C@@H](O)[C@H](O)C1O.CC(C)(C)[C@@H]1OC(CO)[C@H](O)[C@H](O)C1O.CC(C)[C@@H]1OC(CO)[C@H](O)[C@H](O)C1O.CC1O[C@@H](C(C)C)C[C@@H](O)[C@@H]1O. The third kappa shape index (κ3) is 37.1. The quantitative estimate of drug-likeness (QED) is 0.0615. The minimum Gasteiger partial charge on any atom is -0.445 e. The lowest BCUT2D eigenvalue weighted by Gasteiger charge is -2.47. The Hall–Kier alpha value is -3.32. The molecule has 2 amide bonds. The van der Waals surface area contributed by atoms with E-state index in [1.165, 1.54) is 19.1 Å². The van der Waals surface area contributed by atoms with Gasteiger partial charge < -0.3 is 191 Å². The first kappa shape index (κ1) is 125. The third-order valence-corrected chi connectivity index (χ3v) is 24.6. The van der Waals surface area contributed by atoms with E-state index in [0.29, 0.717) is 18.8 Å². The number of hydrogen-bond donors (Lipinski definition) is 29. The summed E-state index contributed by atoms with van der Waals surface area (Å²) in [4.78, 5) is 33.9. The van der Waals surface area contributed by atoms with Crippen LogP contribution in [0.5, 0.6) is 0 Å². The predicted molar refractivity (Wildman–Crippen MR) is 473 cm³/mol. The van der Waals surface area contributed by atoms with Crippen LogP contribution in [-0.2, 0) is 47.4 Å². The van der Waals surface area contributed by atoms with E-state index in [0.717, 1.165) is 11.8 Å². The van der Waals surface area contributed by atoms with Crippen LogP contribution < -0.4 is 10.6 Å². The van der Waals surface area contributed by atoms with Crippen molar-refractivity contribution in [2.75, 3.05) is 58.5 Å². The molecule has 0 radical (unpaired) electrons. The average molecular weight is 1910 g/mol. The number of thioether (sulfide) groups is 1. The van der Waals surface area contributed by atoms with Crippen molar-refractivity contribution < 1.29 is 195 Å². The maximum Gasteiger partial charge on any atom is 0.407 e. The molecule has 130 heavy (non-hydrogen) atoms. The Kier molecular flexibility index (Phi) is 53.8. The number of aliphatic hydroxyl groups is 27. The molecule has 39 atom stereocenters. The van der Waals surface area contributed by atoms with E-state index in [1.54, 1.807) is 6.92 Å². The van der Waals surface area contributed by atoms with E-state index in [9.17, 15) is 132 Å². The molecule has 7 saturated heterocycles. The van der Waals surface area contributed by atoms with E-state index in [1.807, 2.05) is 132 Å². The summed E-state index contributed by atoms with van der Waals surface area (Å²) in [5.74, 6) is 0.107. The molecule has 29 N–H and O–H groups in total. The maximum atomic E-state index is 11.6. The lowest BCUT2D eigenvalue weighted by Crippen LogP contribution is -2.61. The standard InChI is InChI=1S/C15H27NO5.C13H23NO6.C12H22O5S.3C10H20O5.C9H18O5.C9H18O3/c1-5-6-21-14(20)16-11-12(18)9(8-17)7-10(13(11)19)15(2,3)4;1-4-5-19-13(18)14-6-8-9(15)10(16)11(17)12(20-8)7(2)3;1-6(13)18-5-7-8(14)9(15)10(16)11(17-7)12(2,3)4;3*1-10(2,3)9-8(14)7(13)6(12)5(4-11)15-9;1-4(2)9-8(13)7(12)6(11)5(3-10)14-9;1-5(2)8-4-7(10)9(11)6(3)12-8/h5,9-13,17-19H,1,6-8H2,2-4H3,(H,16,20);4,7-12,15-17H,1,5-6H2,2-3H3,(H,14,18);7-11,14-16H,5H2,1-4H3;3*5-9,11-14H,4H2,1-3H3;4-13H,3H2,1-2H3;5-11H,4H2,1-3H3/t9?,10-,11+,12-,13?;8?,9-,10+,11?,12+;7?,8-,9-,10?,11+;2*5?,6-,7+,8?,9-;5?,6-,7-,8?,9+;5?,6-,7-,8?,9-;6?,7-,8-,9-/m11011001/s1. The van der Waals surface area contributed by atoms with Gasteiger partial charge in [0.25, 0.3) is 0 Å². The minimum absolute atomic E-state index is 0.0150. The topological polar surface area (TPSA) is 705 Å². The molecule has 770 valence electrons. The lowest BCUT2D eigenvalue weighted by molar-refractivity contribution is -0.250. The Morgan fingerprint density at radius 3 is 0.969 bits per heavy atom. The number of alkyl carbamates (subject to hydrolysis) is 2. The number of rotatable bonds is 17. The van der Waals surface area contributed by atoms with E-state index < -0.39 is 226 Å². The molecular weight excluding hydrogens is 1740 g/mol. The van der Waals surface area contributed by atoms with Crippen molar-refractivity contribution in [1.29, 1.82) is 0 Å². The van der Waals surface area contributed by atoms with Gasteiger partial charge in [-0.25, -0.2) is 9.59 Å². The fraction of sp³-hybridized carbons (Fsp3) is 0.920. The largest absolute Gasteiger partial charge is 0.445 e. The first-order valence-electron chi connectivity index (χ1n) is 44.4. The minimum atomic E-state index is -1.31.